The van der Waals surface area contributed by atoms with Crippen molar-refractivity contribution < 1.29 is 42.2 Å². The number of alkyl halides is 3. The first-order valence-corrected chi connectivity index (χ1v) is 12.9. The van der Waals surface area contributed by atoms with E-state index < -0.39 is 18.1 Å². The van der Waals surface area contributed by atoms with Crippen LogP contribution in [0.2, 0.25) is 0 Å². The van der Waals surface area contributed by atoms with Gasteiger partial charge in [0.25, 0.3) is 0 Å². The summed E-state index contributed by atoms with van der Waals surface area (Å²) in [5.74, 6) is -3.60. The van der Waals surface area contributed by atoms with Gasteiger partial charge in [0.1, 0.15) is 5.82 Å². The lowest BCUT2D eigenvalue weighted by Crippen LogP contribution is -2.52. The molecule has 0 bridgehead atoms. The van der Waals surface area contributed by atoms with Crippen LogP contribution in [0.3, 0.4) is 0 Å². The Bertz CT molecular complexity index is 1410. The van der Waals surface area contributed by atoms with Crippen LogP contribution in [0.5, 0.6) is 0 Å². The molecule has 1 fully saturated rings. The SMILES string of the molecule is O=C(CN1CCN(C(=NCc2ccccc2)Nc2cccc(C(=O)O)c2)CC1)Nc1ccc(F)cc1.O=C(O)C(F)(F)F. The van der Waals surface area contributed by atoms with Gasteiger partial charge in [0, 0.05) is 37.6 Å². The lowest BCUT2D eigenvalue weighted by molar-refractivity contribution is -0.192. The summed E-state index contributed by atoms with van der Waals surface area (Å²) in [6.45, 7) is 3.29. The molecule has 1 saturated heterocycles. The third-order valence-corrected chi connectivity index (χ3v) is 6.03. The maximum atomic E-state index is 13.1. The molecule has 3 aromatic carbocycles. The number of aliphatic imine (C=N–C) groups is 1. The number of hydrogen-bond donors (Lipinski definition) is 4. The van der Waals surface area contributed by atoms with Crippen molar-refractivity contribution >= 4 is 35.2 Å². The van der Waals surface area contributed by atoms with Gasteiger partial charge < -0.3 is 25.7 Å². The van der Waals surface area contributed by atoms with Gasteiger partial charge in [-0.25, -0.2) is 19.0 Å². The normalized spacial score (nSPS) is 13.9. The molecule has 1 aliphatic heterocycles. The Morgan fingerprint density at radius 3 is 2.02 bits per heavy atom. The Kier molecular flexibility index (Phi) is 11.6. The summed E-state index contributed by atoms with van der Waals surface area (Å²) in [5, 5.41) is 22.5. The number of carbonyl (C=O) groups excluding carboxylic acids is 1. The fraction of sp³-hybridized carbons (Fsp3) is 0.241. The van der Waals surface area contributed by atoms with Crippen molar-refractivity contribution in [1.82, 2.24) is 9.80 Å². The first kappa shape index (κ1) is 32.5. The zero-order chi connectivity index (χ0) is 31.4. The average Bonchev–Trinajstić information content (AvgIpc) is 2.97. The fourth-order valence-electron chi connectivity index (χ4n) is 3.88. The summed E-state index contributed by atoms with van der Waals surface area (Å²) in [6.07, 6.45) is -5.08. The Morgan fingerprint density at radius 2 is 1.44 bits per heavy atom. The van der Waals surface area contributed by atoms with Crippen LogP contribution in [-0.2, 0) is 16.1 Å². The van der Waals surface area contributed by atoms with E-state index in [9.17, 15) is 32.3 Å². The van der Waals surface area contributed by atoms with Crippen molar-refractivity contribution in [1.29, 1.82) is 0 Å². The molecule has 1 amide bonds. The minimum atomic E-state index is -5.08. The van der Waals surface area contributed by atoms with Gasteiger partial charge in [-0.15, -0.1) is 0 Å². The number of carbonyl (C=O) groups is 3. The van der Waals surface area contributed by atoms with Crippen molar-refractivity contribution in [2.75, 3.05) is 43.4 Å². The molecule has 0 aromatic heterocycles. The number of piperazine rings is 1. The van der Waals surface area contributed by atoms with Crippen LogP contribution >= 0.6 is 0 Å². The van der Waals surface area contributed by atoms with Gasteiger partial charge in [0.15, 0.2) is 5.96 Å². The van der Waals surface area contributed by atoms with Crippen LogP contribution in [-0.4, -0.2) is 82.7 Å². The fourth-order valence-corrected chi connectivity index (χ4v) is 3.88. The molecular weight excluding hydrogens is 574 g/mol. The third kappa shape index (κ3) is 11.1. The highest BCUT2D eigenvalue weighted by Gasteiger charge is 2.38. The number of benzene rings is 3. The second kappa shape index (κ2) is 15.3. The first-order valence-electron chi connectivity index (χ1n) is 12.9. The zero-order valence-corrected chi connectivity index (χ0v) is 22.7. The zero-order valence-electron chi connectivity index (χ0n) is 22.7. The number of hydrogen-bond acceptors (Lipinski definition) is 5. The molecule has 0 radical (unpaired) electrons. The molecule has 3 aromatic rings. The summed E-state index contributed by atoms with van der Waals surface area (Å²) in [7, 11) is 0. The number of nitrogens with zero attached hydrogens (tertiary/aromatic N) is 3. The number of halogens is 4. The van der Waals surface area contributed by atoms with Crippen LogP contribution in [0.15, 0.2) is 83.9 Å². The smallest absolute Gasteiger partial charge is 0.478 e. The van der Waals surface area contributed by atoms with E-state index in [1.54, 1.807) is 24.3 Å². The van der Waals surface area contributed by atoms with E-state index in [0.717, 1.165) is 5.56 Å². The molecule has 0 saturated carbocycles. The largest absolute Gasteiger partial charge is 0.490 e. The topological polar surface area (TPSA) is 135 Å². The van der Waals surface area contributed by atoms with Crippen molar-refractivity contribution in [3.8, 4) is 0 Å². The molecule has 4 N–H and O–H groups in total. The van der Waals surface area contributed by atoms with Crippen LogP contribution in [0.1, 0.15) is 15.9 Å². The van der Waals surface area contributed by atoms with E-state index in [2.05, 4.69) is 20.4 Å². The van der Waals surface area contributed by atoms with Gasteiger partial charge in [-0.3, -0.25) is 9.69 Å². The van der Waals surface area contributed by atoms with Gasteiger partial charge in [-0.05, 0) is 48.0 Å². The van der Waals surface area contributed by atoms with Crippen LogP contribution < -0.4 is 10.6 Å². The van der Waals surface area contributed by atoms with Crippen molar-refractivity contribution in [3.05, 3.63) is 95.8 Å². The molecule has 0 unspecified atom stereocenters. The predicted molar refractivity (Wildman–Crippen MR) is 151 cm³/mol. The van der Waals surface area contributed by atoms with Crippen molar-refractivity contribution in [2.45, 2.75) is 12.7 Å². The Labute approximate surface area is 244 Å². The quantitative estimate of drug-likeness (QED) is 0.178. The number of aliphatic carboxylic acids is 1. The number of carboxylic acids is 2. The van der Waals surface area contributed by atoms with Gasteiger partial charge >= 0.3 is 18.1 Å². The lowest BCUT2D eigenvalue weighted by Gasteiger charge is -2.36. The summed E-state index contributed by atoms with van der Waals surface area (Å²) >= 11 is 0. The highest BCUT2D eigenvalue weighted by atomic mass is 19.4. The number of guanidine groups is 1. The predicted octanol–water partition coefficient (Wildman–Crippen LogP) is 4.38. The number of amides is 1. The van der Waals surface area contributed by atoms with E-state index in [-0.39, 0.29) is 23.8 Å². The van der Waals surface area contributed by atoms with Gasteiger partial charge in [0.05, 0.1) is 18.7 Å². The molecule has 4 rings (SSSR count). The average molecular weight is 604 g/mol. The second-order valence-corrected chi connectivity index (χ2v) is 9.26. The van der Waals surface area contributed by atoms with Crippen LogP contribution in [0.25, 0.3) is 0 Å². The number of aromatic carboxylic acids is 1. The van der Waals surface area contributed by atoms with Crippen LogP contribution in [0.4, 0.5) is 28.9 Å². The van der Waals surface area contributed by atoms with E-state index in [1.807, 2.05) is 30.3 Å². The number of nitrogens with one attached hydrogen (secondary N) is 2. The highest BCUT2D eigenvalue weighted by molar-refractivity contribution is 5.96. The maximum Gasteiger partial charge on any atom is 0.490 e. The van der Waals surface area contributed by atoms with E-state index in [1.165, 1.54) is 24.3 Å². The Balaban J connectivity index is 0.000000646. The van der Waals surface area contributed by atoms with Gasteiger partial charge in [-0.1, -0.05) is 36.4 Å². The summed E-state index contributed by atoms with van der Waals surface area (Å²) in [6, 6.07) is 22.2. The highest BCUT2D eigenvalue weighted by Crippen LogP contribution is 2.15. The summed E-state index contributed by atoms with van der Waals surface area (Å²) in [5.41, 5.74) is 2.46. The summed E-state index contributed by atoms with van der Waals surface area (Å²) < 4.78 is 44.8. The molecule has 1 aliphatic rings. The Hall–Kier alpha value is -4.98. The van der Waals surface area contributed by atoms with E-state index in [4.69, 9.17) is 14.9 Å². The number of anilines is 2. The molecule has 10 nitrogen and oxygen atoms in total. The molecule has 0 aliphatic carbocycles. The standard InChI is InChI=1S/C27H28FN5O3.C2HF3O2/c28-22-9-11-23(12-10-22)30-25(34)19-32-13-15-33(16-14-32)27(29-18-20-5-2-1-3-6-20)31-24-8-4-7-21(17-24)26(35)36;3-2(4,5)1(6)7/h1-12,17H,13-16,18-19H2,(H,29,31)(H,30,34)(H,35,36);(H,6,7). The molecule has 14 heteroatoms. The monoisotopic (exact) mass is 603 g/mol. The third-order valence-electron chi connectivity index (χ3n) is 6.03. The summed E-state index contributed by atoms with van der Waals surface area (Å²) in [4.78, 5) is 41.6. The van der Waals surface area contributed by atoms with E-state index >= 15 is 0 Å². The minimum absolute atomic E-state index is 0.156. The molecule has 0 spiro atoms. The van der Waals surface area contributed by atoms with Gasteiger partial charge in [-0.2, -0.15) is 13.2 Å². The lowest BCUT2D eigenvalue weighted by atomic mass is 10.2. The van der Waals surface area contributed by atoms with Crippen molar-refractivity contribution in [3.63, 3.8) is 0 Å². The second-order valence-electron chi connectivity index (χ2n) is 9.26. The number of carboxylic acid groups (broad SMARTS) is 2. The number of rotatable bonds is 7. The van der Waals surface area contributed by atoms with Gasteiger partial charge in [0.2, 0.25) is 5.91 Å². The molecule has 43 heavy (non-hydrogen) atoms. The maximum absolute atomic E-state index is 13.1. The molecular formula is C29H29F4N5O5. The van der Waals surface area contributed by atoms with E-state index in [0.29, 0.717) is 50.1 Å². The molecule has 1 heterocycles. The van der Waals surface area contributed by atoms with Crippen molar-refractivity contribution in [2.24, 2.45) is 4.99 Å². The molecule has 228 valence electrons. The first-order chi connectivity index (χ1) is 20.4. The molecule has 0 atom stereocenters. The van der Waals surface area contributed by atoms with Crippen LogP contribution in [0, 0.1) is 5.82 Å². The minimum Gasteiger partial charge on any atom is -0.478 e. The Morgan fingerprint density at radius 1 is 0.814 bits per heavy atom.